The Kier molecular flexibility index (Phi) is 2.13. The van der Waals surface area contributed by atoms with Gasteiger partial charge in [0.05, 0.1) is 5.66 Å². The first-order valence-corrected chi connectivity index (χ1v) is 4.86. The Balaban J connectivity index is 3.21. The van der Waals surface area contributed by atoms with Crippen LogP contribution in [-0.2, 0) is 0 Å². The highest BCUT2D eigenvalue weighted by Crippen LogP contribution is 2.47. The van der Waals surface area contributed by atoms with Gasteiger partial charge in [0.15, 0.2) is 0 Å². The van der Waals surface area contributed by atoms with E-state index in [4.69, 9.17) is 11.5 Å². The average molecular weight is 182 g/mol. The maximum atomic E-state index is 6.23. The molecule has 0 bridgehead atoms. The molecule has 4 N–H and O–H groups in total. The number of hydrogen-bond acceptors (Lipinski definition) is 2. The molecule has 0 atom stereocenters. The Hall–Kier alpha value is -0.340. The largest absolute Gasteiger partial charge is 0.312 e. The molecular formula is C11H22N2. The van der Waals surface area contributed by atoms with Crippen LogP contribution < -0.4 is 11.5 Å². The third kappa shape index (κ3) is 1.42. The van der Waals surface area contributed by atoms with E-state index in [0.717, 1.165) is 6.42 Å². The third-order valence-electron chi connectivity index (χ3n) is 3.51. The lowest BCUT2D eigenvalue weighted by Gasteiger charge is -2.53. The first-order chi connectivity index (χ1) is 5.60. The van der Waals surface area contributed by atoms with Crippen LogP contribution in [0.2, 0.25) is 0 Å². The van der Waals surface area contributed by atoms with Crippen molar-refractivity contribution in [1.29, 1.82) is 0 Å². The van der Waals surface area contributed by atoms with E-state index < -0.39 is 5.66 Å². The molecule has 0 saturated heterocycles. The van der Waals surface area contributed by atoms with Crippen molar-refractivity contribution in [2.24, 2.45) is 22.3 Å². The van der Waals surface area contributed by atoms with E-state index in [0.29, 0.717) is 0 Å². The highest BCUT2D eigenvalue weighted by Gasteiger charge is 2.50. The summed E-state index contributed by atoms with van der Waals surface area (Å²) in [4.78, 5) is 0. The summed E-state index contributed by atoms with van der Waals surface area (Å²) in [5.74, 6) is 0. The van der Waals surface area contributed by atoms with Crippen molar-refractivity contribution in [3.05, 3.63) is 11.6 Å². The van der Waals surface area contributed by atoms with Gasteiger partial charge in [-0.2, -0.15) is 0 Å². The topological polar surface area (TPSA) is 52.0 Å². The Morgan fingerprint density at radius 2 is 1.62 bits per heavy atom. The minimum absolute atomic E-state index is 0.0324. The standard InChI is InChI=1S/C11H22N2/c1-8-6-9(2,3)11(12,13)10(4,5)7-8/h6H,7,12-13H2,1-5H3. The quantitative estimate of drug-likeness (QED) is 0.445. The van der Waals surface area contributed by atoms with Gasteiger partial charge < -0.3 is 11.5 Å². The van der Waals surface area contributed by atoms with Gasteiger partial charge in [-0.3, -0.25) is 0 Å². The van der Waals surface area contributed by atoms with Gasteiger partial charge in [0.1, 0.15) is 0 Å². The molecule has 0 aliphatic heterocycles. The van der Waals surface area contributed by atoms with Crippen LogP contribution in [0.4, 0.5) is 0 Å². The molecule has 76 valence electrons. The molecule has 13 heavy (non-hydrogen) atoms. The van der Waals surface area contributed by atoms with Crippen LogP contribution >= 0.6 is 0 Å². The third-order valence-corrected chi connectivity index (χ3v) is 3.51. The molecule has 0 unspecified atom stereocenters. The van der Waals surface area contributed by atoms with Gasteiger partial charge in [-0.05, 0) is 13.3 Å². The fourth-order valence-corrected chi connectivity index (χ4v) is 2.50. The molecule has 0 radical (unpaired) electrons. The van der Waals surface area contributed by atoms with Crippen LogP contribution in [0.5, 0.6) is 0 Å². The Labute approximate surface area is 81.4 Å². The second kappa shape index (κ2) is 2.58. The van der Waals surface area contributed by atoms with E-state index in [2.05, 4.69) is 40.7 Å². The first-order valence-electron chi connectivity index (χ1n) is 4.86. The molecule has 1 aliphatic rings. The minimum atomic E-state index is -0.625. The molecule has 0 amide bonds. The number of hydrogen-bond donors (Lipinski definition) is 2. The smallest absolute Gasteiger partial charge is 0.0780 e. The lowest BCUT2D eigenvalue weighted by Crippen LogP contribution is -2.69. The fraction of sp³-hybridized carbons (Fsp3) is 0.818. The second-order valence-corrected chi connectivity index (χ2v) is 5.64. The van der Waals surface area contributed by atoms with Crippen molar-refractivity contribution in [3.8, 4) is 0 Å². The number of nitrogens with two attached hydrogens (primary N) is 2. The van der Waals surface area contributed by atoms with Gasteiger partial charge in [-0.15, -0.1) is 0 Å². The van der Waals surface area contributed by atoms with Crippen LogP contribution in [0.3, 0.4) is 0 Å². The molecule has 2 heteroatoms. The van der Waals surface area contributed by atoms with Crippen LogP contribution in [0.25, 0.3) is 0 Å². The molecular weight excluding hydrogens is 160 g/mol. The SMILES string of the molecule is CC1=CC(C)(C)C(N)(N)C(C)(C)C1. The molecule has 0 spiro atoms. The molecule has 0 fully saturated rings. The number of allylic oxidation sites excluding steroid dienone is 1. The van der Waals surface area contributed by atoms with Gasteiger partial charge in [0.2, 0.25) is 0 Å². The Morgan fingerprint density at radius 3 is 2.00 bits per heavy atom. The summed E-state index contributed by atoms with van der Waals surface area (Å²) in [7, 11) is 0. The average Bonchev–Trinajstić information content (AvgIpc) is 1.80. The lowest BCUT2D eigenvalue weighted by atomic mass is 9.59. The van der Waals surface area contributed by atoms with E-state index in [1.165, 1.54) is 5.57 Å². The van der Waals surface area contributed by atoms with E-state index in [-0.39, 0.29) is 10.8 Å². The van der Waals surface area contributed by atoms with Gasteiger partial charge in [-0.25, -0.2) is 0 Å². The van der Waals surface area contributed by atoms with Gasteiger partial charge in [0.25, 0.3) is 0 Å². The van der Waals surface area contributed by atoms with Crippen LogP contribution in [0.1, 0.15) is 41.0 Å². The van der Waals surface area contributed by atoms with E-state index in [1.807, 2.05) is 0 Å². The van der Waals surface area contributed by atoms with Crippen molar-refractivity contribution in [1.82, 2.24) is 0 Å². The Bertz CT molecular complexity index is 247. The predicted octanol–water partition coefficient (Wildman–Crippen LogP) is 2.00. The van der Waals surface area contributed by atoms with Gasteiger partial charge in [0, 0.05) is 10.8 Å². The van der Waals surface area contributed by atoms with Crippen molar-refractivity contribution < 1.29 is 0 Å². The molecule has 0 heterocycles. The highest BCUT2D eigenvalue weighted by molar-refractivity contribution is 5.22. The maximum absolute atomic E-state index is 6.23. The summed E-state index contributed by atoms with van der Waals surface area (Å²) in [5.41, 5.74) is 13.1. The van der Waals surface area contributed by atoms with E-state index in [9.17, 15) is 0 Å². The first kappa shape index (κ1) is 10.7. The summed E-state index contributed by atoms with van der Waals surface area (Å²) in [6.07, 6.45) is 3.20. The van der Waals surface area contributed by atoms with E-state index >= 15 is 0 Å². The zero-order chi connectivity index (χ0) is 10.5. The molecule has 2 nitrogen and oxygen atoms in total. The zero-order valence-corrected chi connectivity index (χ0v) is 9.44. The fourth-order valence-electron chi connectivity index (χ4n) is 2.50. The monoisotopic (exact) mass is 182 g/mol. The van der Waals surface area contributed by atoms with Crippen LogP contribution in [-0.4, -0.2) is 5.66 Å². The minimum Gasteiger partial charge on any atom is -0.312 e. The van der Waals surface area contributed by atoms with Gasteiger partial charge >= 0.3 is 0 Å². The predicted molar refractivity (Wildman–Crippen MR) is 57.0 cm³/mol. The van der Waals surface area contributed by atoms with E-state index in [1.54, 1.807) is 0 Å². The van der Waals surface area contributed by atoms with Crippen LogP contribution in [0, 0.1) is 10.8 Å². The molecule has 0 aromatic heterocycles. The summed E-state index contributed by atoms with van der Waals surface area (Å²) >= 11 is 0. The summed E-state index contributed by atoms with van der Waals surface area (Å²) < 4.78 is 0. The number of rotatable bonds is 0. The molecule has 0 aromatic carbocycles. The highest BCUT2D eigenvalue weighted by atomic mass is 15.0. The molecule has 1 aliphatic carbocycles. The zero-order valence-electron chi connectivity index (χ0n) is 9.44. The van der Waals surface area contributed by atoms with Crippen molar-refractivity contribution in [2.75, 3.05) is 0 Å². The summed E-state index contributed by atoms with van der Waals surface area (Å²) in [6.45, 7) is 10.7. The molecule has 0 aromatic rings. The summed E-state index contributed by atoms with van der Waals surface area (Å²) in [5, 5.41) is 0. The summed E-state index contributed by atoms with van der Waals surface area (Å²) in [6, 6.07) is 0. The lowest BCUT2D eigenvalue weighted by molar-refractivity contribution is 0.0569. The normalized spacial score (nSPS) is 29.6. The van der Waals surface area contributed by atoms with Crippen LogP contribution in [0.15, 0.2) is 11.6 Å². The molecule has 0 saturated carbocycles. The molecule has 1 rings (SSSR count). The van der Waals surface area contributed by atoms with Gasteiger partial charge in [-0.1, -0.05) is 39.3 Å². The van der Waals surface area contributed by atoms with Crippen molar-refractivity contribution >= 4 is 0 Å². The maximum Gasteiger partial charge on any atom is 0.0780 e. The second-order valence-electron chi connectivity index (χ2n) is 5.64. The van der Waals surface area contributed by atoms with Crippen molar-refractivity contribution in [2.45, 2.75) is 46.7 Å². The Morgan fingerprint density at radius 1 is 1.15 bits per heavy atom. The van der Waals surface area contributed by atoms with Crippen molar-refractivity contribution in [3.63, 3.8) is 0 Å².